The molecule has 0 fully saturated rings. The summed E-state index contributed by atoms with van der Waals surface area (Å²) in [6.07, 6.45) is 0. The van der Waals surface area contributed by atoms with E-state index in [9.17, 15) is 22.0 Å². The van der Waals surface area contributed by atoms with Crippen LogP contribution < -0.4 is 10.1 Å². The normalized spacial score (nSPS) is 11.6. The standard InChI is InChI=1S/C17H18F2N2O4S/c1-21(2)26(23,24)15-10-6-3-7-12(15)11-20-16(22)13-8-4-5-9-14(13)25-17(18)19/h3-10,17H,11H2,1-2H3,(H,20,22). The van der Waals surface area contributed by atoms with Gasteiger partial charge in [0.25, 0.3) is 5.91 Å². The van der Waals surface area contributed by atoms with E-state index in [1.54, 1.807) is 18.2 Å². The van der Waals surface area contributed by atoms with Crippen molar-refractivity contribution in [2.75, 3.05) is 14.1 Å². The fraction of sp³-hybridized carbons (Fsp3) is 0.235. The second kappa shape index (κ2) is 8.24. The van der Waals surface area contributed by atoms with Gasteiger partial charge in [-0.25, -0.2) is 12.7 Å². The predicted octanol–water partition coefficient (Wildman–Crippen LogP) is 2.47. The summed E-state index contributed by atoms with van der Waals surface area (Å²) in [5.41, 5.74) is 0.308. The summed E-state index contributed by atoms with van der Waals surface area (Å²) in [6.45, 7) is -3.15. The van der Waals surface area contributed by atoms with Crippen molar-refractivity contribution in [3.05, 3.63) is 59.7 Å². The molecule has 1 amide bonds. The Hall–Kier alpha value is -2.52. The average Bonchev–Trinajstić information content (AvgIpc) is 2.59. The highest BCUT2D eigenvalue weighted by molar-refractivity contribution is 7.89. The van der Waals surface area contributed by atoms with Crippen LogP contribution in [0.15, 0.2) is 53.4 Å². The minimum Gasteiger partial charge on any atom is -0.434 e. The molecule has 0 aliphatic rings. The van der Waals surface area contributed by atoms with Gasteiger partial charge in [0.1, 0.15) is 5.75 Å². The SMILES string of the molecule is CN(C)S(=O)(=O)c1ccccc1CNC(=O)c1ccccc1OC(F)F. The second-order valence-corrected chi connectivity index (χ2v) is 7.57. The van der Waals surface area contributed by atoms with Crippen LogP contribution in [0.2, 0.25) is 0 Å². The molecule has 0 saturated heterocycles. The van der Waals surface area contributed by atoms with Crippen molar-refractivity contribution in [3.8, 4) is 5.75 Å². The molecule has 26 heavy (non-hydrogen) atoms. The van der Waals surface area contributed by atoms with Crippen LogP contribution in [0.3, 0.4) is 0 Å². The number of rotatable bonds is 7. The minimum absolute atomic E-state index is 0.0578. The highest BCUT2D eigenvalue weighted by Gasteiger charge is 2.21. The number of amides is 1. The monoisotopic (exact) mass is 384 g/mol. The Labute approximate surface area is 150 Å². The van der Waals surface area contributed by atoms with Gasteiger partial charge in [0.15, 0.2) is 0 Å². The third-order valence-electron chi connectivity index (χ3n) is 3.52. The highest BCUT2D eigenvalue weighted by atomic mass is 32.2. The number of nitrogens with one attached hydrogen (secondary N) is 1. The number of nitrogens with zero attached hydrogens (tertiary/aromatic N) is 1. The molecule has 2 rings (SSSR count). The quantitative estimate of drug-likeness (QED) is 0.796. The third kappa shape index (κ3) is 4.55. The smallest absolute Gasteiger partial charge is 0.387 e. The minimum atomic E-state index is -3.69. The Morgan fingerprint density at radius 3 is 2.38 bits per heavy atom. The van der Waals surface area contributed by atoms with E-state index in [1.807, 2.05) is 0 Å². The van der Waals surface area contributed by atoms with E-state index in [4.69, 9.17) is 0 Å². The fourth-order valence-electron chi connectivity index (χ4n) is 2.22. The number of ether oxygens (including phenoxy) is 1. The number of carbonyl (C=O) groups is 1. The lowest BCUT2D eigenvalue weighted by atomic mass is 10.1. The molecule has 0 aromatic heterocycles. The number of halogens is 2. The van der Waals surface area contributed by atoms with E-state index in [0.717, 1.165) is 4.31 Å². The van der Waals surface area contributed by atoms with E-state index < -0.39 is 22.5 Å². The lowest BCUT2D eigenvalue weighted by molar-refractivity contribution is -0.0501. The lowest BCUT2D eigenvalue weighted by Crippen LogP contribution is -2.27. The number of alkyl halides is 2. The molecule has 0 bridgehead atoms. The molecule has 2 aromatic rings. The van der Waals surface area contributed by atoms with Crippen LogP contribution >= 0.6 is 0 Å². The van der Waals surface area contributed by atoms with Crippen molar-refractivity contribution in [2.24, 2.45) is 0 Å². The molecule has 1 N–H and O–H groups in total. The second-order valence-electron chi connectivity index (χ2n) is 5.45. The van der Waals surface area contributed by atoms with Gasteiger partial charge in [0, 0.05) is 20.6 Å². The summed E-state index contributed by atoms with van der Waals surface area (Å²) in [7, 11) is -0.875. The van der Waals surface area contributed by atoms with Crippen molar-refractivity contribution in [1.82, 2.24) is 9.62 Å². The number of sulfonamides is 1. The zero-order valence-corrected chi connectivity index (χ0v) is 15.0. The number of carbonyl (C=O) groups excluding carboxylic acids is 1. The largest absolute Gasteiger partial charge is 0.434 e. The summed E-state index contributed by atoms with van der Waals surface area (Å²) in [5.74, 6) is -0.910. The Kier molecular flexibility index (Phi) is 6.27. The first-order valence-electron chi connectivity index (χ1n) is 7.56. The molecular weight excluding hydrogens is 366 g/mol. The summed E-state index contributed by atoms with van der Waals surface area (Å²) in [6, 6.07) is 11.8. The first kappa shape index (κ1) is 19.8. The van der Waals surface area contributed by atoms with Crippen LogP contribution in [0.5, 0.6) is 5.75 Å². The Morgan fingerprint density at radius 1 is 1.12 bits per heavy atom. The Bertz CT molecular complexity index is 886. The van der Waals surface area contributed by atoms with E-state index in [1.165, 1.54) is 44.4 Å². The molecule has 0 radical (unpaired) electrons. The van der Waals surface area contributed by atoms with Crippen molar-refractivity contribution < 1.29 is 26.7 Å². The molecule has 0 aliphatic heterocycles. The molecule has 0 aliphatic carbocycles. The maximum Gasteiger partial charge on any atom is 0.387 e. The molecular formula is C17H18F2N2O4S. The van der Waals surface area contributed by atoms with E-state index in [2.05, 4.69) is 10.1 Å². The van der Waals surface area contributed by atoms with Crippen LogP contribution in [0.1, 0.15) is 15.9 Å². The van der Waals surface area contributed by atoms with Gasteiger partial charge < -0.3 is 10.1 Å². The van der Waals surface area contributed by atoms with Crippen LogP contribution in [-0.2, 0) is 16.6 Å². The van der Waals surface area contributed by atoms with Crippen LogP contribution in [0, 0.1) is 0 Å². The zero-order chi connectivity index (χ0) is 19.3. The Morgan fingerprint density at radius 2 is 1.73 bits per heavy atom. The van der Waals surface area contributed by atoms with Crippen molar-refractivity contribution in [2.45, 2.75) is 18.1 Å². The first-order valence-corrected chi connectivity index (χ1v) is 9.00. The van der Waals surface area contributed by atoms with Crippen LogP contribution in [0.4, 0.5) is 8.78 Å². The van der Waals surface area contributed by atoms with E-state index in [-0.39, 0.29) is 22.8 Å². The highest BCUT2D eigenvalue weighted by Crippen LogP contribution is 2.21. The van der Waals surface area contributed by atoms with Gasteiger partial charge in [-0.2, -0.15) is 8.78 Å². The van der Waals surface area contributed by atoms with Gasteiger partial charge in [0.05, 0.1) is 10.5 Å². The van der Waals surface area contributed by atoms with Crippen molar-refractivity contribution >= 4 is 15.9 Å². The van der Waals surface area contributed by atoms with E-state index in [0.29, 0.717) is 5.56 Å². The van der Waals surface area contributed by atoms with Crippen molar-refractivity contribution in [3.63, 3.8) is 0 Å². The third-order valence-corrected chi connectivity index (χ3v) is 5.43. The van der Waals surface area contributed by atoms with Gasteiger partial charge in [0.2, 0.25) is 10.0 Å². The first-order chi connectivity index (χ1) is 12.2. The maximum atomic E-state index is 12.4. The number of para-hydroxylation sites is 1. The zero-order valence-electron chi connectivity index (χ0n) is 14.1. The summed E-state index contributed by atoms with van der Waals surface area (Å²) in [4.78, 5) is 12.4. The summed E-state index contributed by atoms with van der Waals surface area (Å²) in [5, 5.41) is 2.53. The molecule has 0 saturated carbocycles. The molecule has 2 aromatic carbocycles. The van der Waals surface area contributed by atoms with Gasteiger partial charge in [-0.15, -0.1) is 0 Å². The molecule has 140 valence electrons. The van der Waals surface area contributed by atoms with Crippen molar-refractivity contribution in [1.29, 1.82) is 0 Å². The number of benzene rings is 2. The molecule has 0 heterocycles. The summed E-state index contributed by atoms with van der Waals surface area (Å²) >= 11 is 0. The van der Waals surface area contributed by atoms with Gasteiger partial charge >= 0.3 is 6.61 Å². The van der Waals surface area contributed by atoms with E-state index >= 15 is 0 Å². The fourth-order valence-corrected chi connectivity index (χ4v) is 3.34. The maximum absolute atomic E-state index is 12.4. The molecule has 0 atom stereocenters. The predicted molar refractivity (Wildman–Crippen MR) is 91.6 cm³/mol. The molecule has 6 nitrogen and oxygen atoms in total. The topological polar surface area (TPSA) is 75.7 Å². The van der Waals surface area contributed by atoms with Gasteiger partial charge in [-0.05, 0) is 23.8 Å². The summed E-state index contributed by atoms with van der Waals surface area (Å²) < 4.78 is 55.0. The van der Waals surface area contributed by atoms with Crippen LogP contribution in [-0.4, -0.2) is 39.3 Å². The average molecular weight is 384 g/mol. The molecule has 0 spiro atoms. The Balaban J connectivity index is 2.22. The molecule has 9 heteroatoms. The van der Waals surface area contributed by atoms with Gasteiger partial charge in [-0.3, -0.25) is 4.79 Å². The number of hydrogen-bond donors (Lipinski definition) is 1. The van der Waals surface area contributed by atoms with Gasteiger partial charge in [-0.1, -0.05) is 30.3 Å². The molecule has 0 unspecified atom stereocenters. The number of hydrogen-bond acceptors (Lipinski definition) is 4. The van der Waals surface area contributed by atoms with Crippen LogP contribution in [0.25, 0.3) is 0 Å². The lowest BCUT2D eigenvalue weighted by Gasteiger charge is -2.16.